The minimum atomic E-state index is -1.05. The lowest BCUT2D eigenvalue weighted by Crippen LogP contribution is -1.95. The number of carboxylic acid groups (broad SMARTS) is 1. The SMILES string of the molecule is O=C(O)c1cccc2nc(-c3n[nH]c4ccccc34)oc12. The number of hydrogen-bond donors (Lipinski definition) is 2. The van der Waals surface area contributed by atoms with Crippen LogP contribution in [0.3, 0.4) is 0 Å². The van der Waals surface area contributed by atoms with Crippen LogP contribution in [0.15, 0.2) is 46.9 Å². The number of nitrogens with zero attached hydrogens (tertiary/aromatic N) is 2. The van der Waals surface area contributed by atoms with Gasteiger partial charge in [-0.05, 0) is 18.2 Å². The lowest BCUT2D eigenvalue weighted by atomic mass is 10.2. The van der Waals surface area contributed by atoms with Crippen LogP contribution < -0.4 is 0 Å². The minimum absolute atomic E-state index is 0.0890. The molecule has 2 heterocycles. The van der Waals surface area contributed by atoms with Crippen LogP contribution in [-0.2, 0) is 0 Å². The number of aromatic nitrogens is 3. The van der Waals surface area contributed by atoms with E-state index >= 15 is 0 Å². The summed E-state index contributed by atoms with van der Waals surface area (Å²) < 4.78 is 5.64. The zero-order chi connectivity index (χ0) is 14.4. The summed E-state index contributed by atoms with van der Waals surface area (Å²) in [7, 11) is 0. The van der Waals surface area contributed by atoms with Gasteiger partial charge < -0.3 is 9.52 Å². The van der Waals surface area contributed by atoms with Crippen molar-refractivity contribution in [1.82, 2.24) is 15.2 Å². The number of carbonyl (C=O) groups is 1. The first-order valence-electron chi connectivity index (χ1n) is 6.30. The van der Waals surface area contributed by atoms with Gasteiger partial charge in [-0.2, -0.15) is 5.10 Å². The lowest BCUT2D eigenvalue weighted by Gasteiger charge is -1.93. The number of hydrogen-bond acceptors (Lipinski definition) is 4. The number of carboxylic acids is 1. The standard InChI is InChI=1S/C15H9N3O3/c19-15(20)9-5-3-7-11-13(9)21-14(16-11)12-8-4-1-2-6-10(8)17-18-12/h1-7H,(H,17,18)(H,19,20). The fourth-order valence-electron chi connectivity index (χ4n) is 2.35. The van der Waals surface area contributed by atoms with Gasteiger partial charge in [0.15, 0.2) is 11.3 Å². The number of fused-ring (bicyclic) bond motifs is 2. The van der Waals surface area contributed by atoms with Crippen molar-refractivity contribution in [2.75, 3.05) is 0 Å². The van der Waals surface area contributed by atoms with Crippen molar-refractivity contribution in [3.63, 3.8) is 0 Å². The summed E-state index contributed by atoms with van der Waals surface area (Å²) >= 11 is 0. The highest BCUT2D eigenvalue weighted by atomic mass is 16.4. The summed E-state index contributed by atoms with van der Waals surface area (Å²) in [6.45, 7) is 0. The first-order valence-corrected chi connectivity index (χ1v) is 6.30. The Morgan fingerprint density at radius 3 is 2.86 bits per heavy atom. The van der Waals surface area contributed by atoms with E-state index < -0.39 is 5.97 Å². The van der Waals surface area contributed by atoms with Crippen LogP contribution in [0, 0.1) is 0 Å². The predicted octanol–water partition coefficient (Wildman–Crippen LogP) is 3.07. The molecule has 0 saturated heterocycles. The van der Waals surface area contributed by atoms with Gasteiger partial charge in [-0.25, -0.2) is 9.78 Å². The number of nitrogens with one attached hydrogen (secondary N) is 1. The summed E-state index contributed by atoms with van der Waals surface area (Å²) in [6, 6.07) is 12.4. The summed E-state index contributed by atoms with van der Waals surface area (Å²) in [4.78, 5) is 15.5. The molecule has 6 heteroatoms. The van der Waals surface area contributed by atoms with Crippen molar-refractivity contribution in [1.29, 1.82) is 0 Å². The van der Waals surface area contributed by atoms with E-state index in [1.165, 1.54) is 6.07 Å². The maximum Gasteiger partial charge on any atom is 0.339 e. The van der Waals surface area contributed by atoms with Crippen molar-refractivity contribution in [2.45, 2.75) is 0 Å². The Morgan fingerprint density at radius 2 is 2.00 bits per heavy atom. The van der Waals surface area contributed by atoms with Gasteiger partial charge in [-0.15, -0.1) is 0 Å². The third-order valence-electron chi connectivity index (χ3n) is 3.32. The quantitative estimate of drug-likeness (QED) is 0.588. The Kier molecular flexibility index (Phi) is 2.32. The monoisotopic (exact) mass is 279 g/mol. The minimum Gasteiger partial charge on any atom is -0.478 e. The van der Waals surface area contributed by atoms with Gasteiger partial charge in [-0.3, -0.25) is 5.10 Å². The number of oxazole rings is 1. The molecular formula is C15H9N3O3. The van der Waals surface area contributed by atoms with E-state index in [-0.39, 0.29) is 11.1 Å². The van der Waals surface area contributed by atoms with Gasteiger partial charge in [0.2, 0.25) is 5.89 Å². The summed E-state index contributed by atoms with van der Waals surface area (Å²) in [5.74, 6) is -0.744. The predicted molar refractivity (Wildman–Crippen MR) is 76.1 cm³/mol. The van der Waals surface area contributed by atoms with Gasteiger partial charge in [-0.1, -0.05) is 24.3 Å². The summed E-state index contributed by atoms with van der Waals surface area (Å²) in [6.07, 6.45) is 0. The first-order chi connectivity index (χ1) is 10.2. The second-order valence-electron chi connectivity index (χ2n) is 4.60. The molecule has 0 atom stereocenters. The Balaban J connectivity index is 1.99. The third kappa shape index (κ3) is 1.69. The van der Waals surface area contributed by atoms with Crippen LogP contribution in [0.25, 0.3) is 33.6 Å². The molecule has 0 aliphatic heterocycles. The molecule has 0 spiro atoms. The fourth-order valence-corrected chi connectivity index (χ4v) is 2.35. The Morgan fingerprint density at radius 1 is 1.14 bits per heavy atom. The van der Waals surface area contributed by atoms with Gasteiger partial charge >= 0.3 is 5.97 Å². The number of aromatic carboxylic acids is 1. The molecule has 4 rings (SSSR count). The van der Waals surface area contributed by atoms with Crippen LogP contribution in [-0.4, -0.2) is 26.3 Å². The van der Waals surface area contributed by atoms with Crippen LogP contribution in [0.5, 0.6) is 0 Å². The lowest BCUT2D eigenvalue weighted by molar-refractivity contribution is 0.0698. The van der Waals surface area contributed by atoms with E-state index in [2.05, 4.69) is 15.2 Å². The summed E-state index contributed by atoms with van der Waals surface area (Å²) in [5.41, 5.74) is 2.28. The molecule has 2 aromatic heterocycles. The van der Waals surface area contributed by atoms with Gasteiger partial charge in [0, 0.05) is 5.39 Å². The zero-order valence-corrected chi connectivity index (χ0v) is 10.7. The number of H-pyrrole nitrogens is 1. The molecule has 0 fully saturated rings. The van der Waals surface area contributed by atoms with E-state index in [1.807, 2.05) is 24.3 Å². The molecule has 4 aromatic rings. The molecule has 2 aromatic carbocycles. The zero-order valence-electron chi connectivity index (χ0n) is 10.7. The van der Waals surface area contributed by atoms with Gasteiger partial charge in [0.1, 0.15) is 11.1 Å². The number of aromatic amines is 1. The van der Waals surface area contributed by atoms with Crippen molar-refractivity contribution in [3.8, 4) is 11.6 Å². The van der Waals surface area contributed by atoms with Crippen molar-refractivity contribution < 1.29 is 14.3 Å². The molecule has 0 amide bonds. The van der Waals surface area contributed by atoms with E-state index in [0.29, 0.717) is 17.1 Å². The second-order valence-corrected chi connectivity index (χ2v) is 4.60. The van der Waals surface area contributed by atoms with Crippen LogP contribution >= 0.6 is 0 Å². The first kappa shape index (κ1) is 11.7. The van der Waals surface area contributed by atoms with E-state index in [1.54, 1.807) is 12.1 Å². The van der Waals surface area contributed by atoms with Crippen molar-refractivity contribution in [3.05, 3.63) is 48.0 Å². The number of para-hydroxylation sites is 2. The van der Waals surface area contributed by atoms with E-state index in [4.69, 9.17) is 4.42 Å². The topological polar surface area (TPSA) is 92.0 Å². The largest absolute Gasteiger partial charge is 0.478 e. The highest BCUT2D eigenvalue weighted by Crippen LogP contribution is 2.29. The highest BCUT2D eigenvalue weighted by Gasteiger charge is 2.18. The summed E-state index contributed by atoms with van der Waals surface area (Å²) in [5, 5.41) is 17.2. The van der Waals surface area contributed by atoms with Crippen LogP contribution in [0.4, 0.5) is 0 Å². The molecular weight excluding hydrogens is 270 g/mol. The molecule has 0 bridgehead atoms. The third-order valence-corrected chi connectivity index (χ3v) is 3.32. The Labute approximate surface area is 118 Å². The molecule has 21 heavy (non-hydrogen) atoms. The van der Waals surface area contributed by atoms with E-state index in [0.717, 1.165) is 10.9 Å². The number of rotatable bonds is 2. The average molecular weight is 279 g/mol. The molecule has 0 radical (unpaired) electrons. The van der Waals surface area contributed by atoms with Crippen molar-refractivity contribution >= 4 is 28.0 Å². The van der Waals surface area contributed by atoms with Gasteiger partial charge in [0.05, 0.1) is 5.52 Å². The molecule has 0 aliphatic rings. The molecule has 102 valence electrons. The molecule has 0 unspecified atom stereocenters. The number of benzene rings is 2. The smallest absolute Gasteiger partial charge is 0.339 e. The second kappa shape index (κ2) is 4.17. The normalized spacial score (nSPS) is 11.2. The average Bonchev–Trinajstić information content (AvgIpc) is 3.09. The Hall–Kier alpha value is -3.15. The highest BCUT2D eigenvalue weighted by molar-refractivity contribution is 6.01. The molecule has 6 nitrogen and oxygen atoms in total. The van der Waals surface area contributed by atoms with Gasteiger partial charge in [0.25, 0.3) is 0 Å². The van der Waals surface area contributed by atoms with Crippen LogP contribution in [0.2, 0.25) is 0 Å². The molecule has 2 N–H and O–H groups in total. The van der Waals surface area contributed by atoms with Crippen molar-refractivity contribution in [2.24, 2.45) is 0 Å². The van der Waals surface area contributed by atoms with E-state index in [9.17, 15) is 9.90 Å². The fraction of sp³-hybridized carbons (Fsp3) is 0. The molecule has 0 aliphatic carbocycles. The van der Waals surface area contributed by atoms with Crippen LogP contribution in [0.1, 0.15) is 10.4 Å². The molecule has 0 saturated carbocycles. The maximum absolute atomic E-state index is 11.2. The Bertz CT molecular complexity index is 984. The maximum atomic E-state index is 11.2.